The molecule has 0 saturated carbocycles. The van der Waals surface area contributed by atoms with Crippen LogP contribution in [0, 0.1) is 0 Å². The number of nitrogens with one attached hydrogen (secondary N) is 3. The van der Waals surface area contributed by atoms with Crippen LogP contribution in [0.3, 0.4) is 0 Å². The van der Waals surface area contributed by atoms with Crippen molar-refractivity contribution >= 4 is 42.3 Å². The zero-order valence-electron chi connectivity index (χ0n) is 19.5. The summed E-state index contributed by atoms with van der Waals surface area (Å²) in [6.45, 7) is -0.587. The number of aliphatic hydroxyl groups is 1. The van der Waals surface area contributed by atoms with Crippen LogP contribution in [0.25, 0.3) is 0 Å². The third kappa shape index (κ3) is 10.8. The van der Waals surface area contributed by atoms with Crippen LogP contribution in [0.4, 0.5) is 0 Å². The number of aliphatic imine (C=N–C) groups is 1. The molecule has 0 radical (unpaired) electrons. The largest absolute Gasteiger partial charge is 0.508 e. The molecule has 12 N–H and O–H groups in total. The number of phenolic OH excluding ortho intramolecular Hbond substituents is 1. The Hall–Kier alpha value is -3.56. The van der Waals surface area contributed by atoms with Gasteiger partial charge in [-0.2, -0.15) is 12.6 Å². The Morgan fingerprint density at radius 1 is 0.944 bits per heavy atom. The number of nitrogens with zero attached hydrogens (tertiary/aromatic N) is 1. The second kappa shape index (κ2) is 15.4. The number of phenols is 1. The van der Waals surface area contributed by atoms with Gasteiger partial charge in [-0.15, -0.1) is 0 Å². The first-order valence-corrected chi connectivity index (χ1v) is 11.6. The minimum absolute atomic E-state index is 0.0116. The molecule has 4 atom stereocenters. The minimum atomic E-state index is -1.59. The predicted octanol–water partition coefficient (Wildman–Crippen LogP) is -3.22. The number of carboxylic acid groups (broad SMARTS) is 1. The molecule has 1 aromatic rings. The molecule has 4 unspecified atom stereocenters. The highest BCUT2D eigenvalue weighted by atomic mass is 32.1. The number of hydrogen-bond donors (Lipinski definition) is 10. The highest BCUT2D eigenvalue weighted by molar-refractivity contribution is 7.80. The lowest BCUT2D eigenvalue weighted by molar-refractivity contribution is -0.143. The summed E-state index contributed by atoms with van der Waals surface area (Å²) in [5.74, 6) is -3.95. The van der Waals surface area contributed by atoms with E-state index in [1.165, 1.54) is 24.3 Å². The van der Waals surface area contributed by atoms with Gasteiger partial charge < -0.3 is 48.5 Å². The lowest BCUT2D eigenvalue weighted by Crippen LogP contribution is -2.58. The second-order valence-corrected chi connectivity index (χ2v) is 8.18. The van der Waals surface area contributed by atoms with Gasteiger partial charge in [0.05, 0.1) is 12.6 Å². The molecule has 0 fully saturated rings. The number of amides is 3. The van der Waals surface area contributed by atoms with E-state index < -0.39 is 54.5 Å². The second-order valence-electron chi connectivity index (χ2n) is 7.81. The lowest BCUT2D eigenvalue weighted by atomic mass is 10.0. The summed E-state index contributed by atoms with van der Waals surface area (Å²) in [4.78, 5) is 53.0. The van der Waals surface area contributed by atoms with Crippen molar-refractivity contribution in [3.05, 3.63) is 29.8 Å². The van der Waals surface area contributed by atoms with Gasteiger partial charge >= 0.3 is 5.97 Å². The summed E-state index contributed by atoms with van der Waals surface area (Å²) in [6.07, 6.45) is 0.592. The Labute approximate surface area is 213 Å². The van der Waals surface area contributed by atoms with Gasteiger partial charge in [-0.25, -0.2) is 4.79 Å². The van der Waals surface area contributed by atoms with Crippen LogP contribution in [-0.2, 0) is 25.6 Å². The third-order valence-corrected chi connectivity index (χ3v) is 5.29. The summed E-state index contributed by atoms with van der Waals surface area (Å²) in [6, 6.07) is 0.816. The maximum Gasteiger partial charge on any atom is 0.328 e. The number of benzene rings is 1. The summed E-state index contributed by atoms with van der Waals surface area (Å²) in [7, 11) is 0. The van der Waals surface area contributed by atoms with E-state index >= 15 is 0 Å². The van der Waals surface area contributed by atoms with Gasteiger partial charge in [0, 0.05) is 18.7 Å². The van der Waals surface area contributed by atoms with E-state index in [2.05, 4.69) is 33.6 Å². The normalized spacial score (nSPS) is 14.0. The number of hydrogen-bond acceptors (Lipinski definition) is 9. The van der Waals surface area contributed by atoms with E-state index in [1.54, 1.807) is 0 Å². The molecule has 0 saturated heterocycles. The van der Waals surface area contributed by atoms with E-state index in [9.17, 15) is 29.4 Å². The number of guanidine groups is 1. The number of aromatic hydroxyl groups is 1. The van der Waals surface area contributed by atoms with E-state index in [0.29, 0.717) is 12.0 Å². The van der Waals surface area contributed by atoms with Gasteiger partial charge in [0.25, 0.3) is 0 Å². The number of nitrogens with two attached hydrogens (primary N) is 3. The van der Waals surface area contributed by atoms with Crippen LogP contribution in [0.15, 0.2) is 29.3 Å². The first-order chi connectivity index (χ1) is 17.0. The fourth-order valence-electron chi connectivity index (χ4n) is 2.93. The molecular weight excluding hydrogens is 494 g/mol. The van der Waals surface area contributed by atoms with Crippen molar-refractivity contribution in [1.82, 2.24) is 16.0 Å². The first kappa shape index (κ1) is 30.5. The van der Waals surface area contributed by atoms with Crippen molar-refractivity contribution in [2.24, 2.45) is 22.2 Å². The Kier molecular flexibility index (Phi) is 13.1. The summed E-state index contributed by atoms with van der Waals surface area (Å²) in [5, 5.41) is 34.9. The van der Waals surface area contributed by atoms with Crippen LogP contribution in [0.2, 0.25) is 0 Å². The number of aliphatic hydroxyl groups excluding tert-OH is 1. The molecule has 0 bridgehead atoms. The molecular formula is C21H33N7O7S. The van der Waals surface area contributed by atoms with Crippen molar-refractivity contribution in [3.8, 4) is 5.75 Å². The van der Waals surface area contributed by atoms with Crippen LogP contribution >= 0.6 is 12.6 Å². The molecule has 0 heterocycles. The molecule has 36 heavy (non-hydrogen) atoms. The fraction of sp³-hybridized carbons (Fsp3) is 0.476. The van der Waals surface area contributed by atoms with Crippen LogP contribution in [0.5, 0.6) is 5.75 Å². The highest BCUT2D eigenvalue weighted by Gasteiger charge is 2.29. The zero-order valence-corrected chi connectivity index (χ0v) is 20.4. The number of rotatable bonds is 15. The summed E-state index contributed by atoms with van der Waals surface area (Å²) < 4.78 is 0. The Morgan fingerprint density at radius 3 is 2.03 bits per heavy atom. The quantitative estimate of drug-likeness (QED) is 0.0472. The molecule has 0 aliphatic carbocycles. The van der Waals surface area contributed by atoms with Gasteiger partial charge in [0.2, 0.25) is 17.7 Å². The van der Waals surface area contributed by atoms with Crippen molar-refractivity contribution in [3.63, 3.8) is 0 Å². The van der Waals surface area contributed by atoms with Crippen LogP contribution < -0.4 is 33.2 Å². The maximum atomic E-state index is 12.9. The SMILES string of the molecule is NC(N)=NCCCC(N)C(=O)NC(CS)C(=O)NC(Cc1ccc(O)cc1)C(=O)NC(CO)C(=O)O. The third-order valence-electron chi connectivity index (χ3n) is 4.93. The minimum Gasteiger partial charge on any atom is -0.508 e. The van der Waals surface area contributed by atoms with Crippen molar-refractivity contribution in [1.29, 1.82) is 0 Å². The number of aliphatic carboxylic acids is 1. The Bertz CT molecular complexity index is 926. The van der Waals surface area contributed by atoms with E-state index in [1.807, 2.05) is 0 Å². The van der Waals surface area contributed by atoms with Gasteiger partial charge in [0.1, 0.15) is 23.9 Å². The van der Waals surface area contributed by atoms with Gasteiger partial charge in [0.15, 0.2) is 5.96 Å². The van der Waals surface area contributed by atoms with Gasteiger partial charge in [-0.05, 0) is 30.5 Å². The molecule has 1 aromatic carbocycles. The Balaban J connectivity index is 2.90. The number of carboxylic acids is 1. The van der Waals surface area contributed by atoms with E-state index in [4.69, 9.17) is 22.3 Å². The Morgan fingerprint density at radius 2 is 1.50 bits per heavy atom. The van der Waals surface area contributed by atoms with Gasteiger partial charge in [-0.3, -0.25) is 19.4 Å². The predicted molar refractivity (Wildman–Crippen MR) is 134 cm³/mol. The average molecular weight is 528 g/mol. The molecule has 200 valence electrons. The van der Waals surface area contributed by atoms with E-state index in [-0.39, 0.29) is 36.8 Å². The number of carbonyl (C=O) groups excluding carboxylic acids is 3. The monoisotopic (exact) mass is 527 g/mol. The highest BCUT2D eigenvalue weighted by Crippen LogP contribution is 2.12. The molecule has 0 aliphatic heterocycles. The molecule has 0 aromatic heterocycles. The van der Waals surface area contributed by atoms with Crippen molar-refractivity contribution in [2.45, 2.75) is 43.4 Å². The van der Waals surface area contributed by atoms with Crippen LogP contribution in [-0.4, -0.2) is 88.0 Å². The summed E-state index contributed by atoms with van der Waals surface area (Å²) >= 11 is 4.09. The molecule has 0 aliphatic rings. The smallest absolute Gasteiger partial charge is 0.328 e. The maximum absolute atomic E-state index is 12.9. The number of carbonyl (C=O) groups is 4. The molecule has 15 heteroatoms. The average Bonchev–Trinajstić information content (AvgIpc) is 2.83. The lowest BCUT2D eigenvalue weighted by Gasteiger charge is -2.24. The molecule has 1 rings (SSSR count). The molecule has 14 nitrogen and oxygen atoms in total. The topological polar surface area (TPSA) is 255 Å². The molecule has 3 amide bonds. The van der Waals surface area contributed by atoms with Crippen molar-refractivity contribution < 1.29 is 34.5 Å². The van der Waals surface area contributed by atoms with E-state index in [0.717, 1.165) is 0 Å². The van der Waals surface area contributed by atoms with Crippen molar-refractivity contribution in [2.75, 3.05) is 18.9 Å². The fourth-order valence-corrected chi connectivity index (χ4v) is 3.19. The van der Waals surface area contributed by atoms with Gasteiger partial charge in [-0.1, -0.05) is 12.1 Å². The number of thiol groups is 1. The van der Waals surface area contributed by atoms with Crippen LogP contribution in [0.1, 0.15) is 18.4 Å². The standard InChI is InChI=1S/C21H33N7O7S/c22-13(2-1-7-25-21(23)24)17(31)28-16(10-36)19(33)26-14(8-11-3-5-12(30)6-4-11)18(32)27-15(9-29)20(34)35/h3-6,13-16,29-30,36H,1-2,7-10,22H2,(H,26,33)(H,27,32)(H,28,31)(H,34,35)(H4,23,24,25). The summed E-state index contributed by atoms with van der Waals surface area (Å²) in [5.41, 5.74) is 16.9. The molecule has 0 spiro atoms. The zero-order chi connectivity index (χ0) is 27.3. The first-order valence-electron chi connectivity index (χ1n) is 10.9.